The SMILES string of the molecule is CCOc1ccc(-c2cnc(-c3ccccc3C(=O)Nc3ccc(C(C)C)cc3)o2)cc1. The van der Waals surface area contributed by atoms with Crippen LogP contribution in [0.5, 0.6) is 5.75 Å². The van der Waals surface area contributed by atoms with Gasteiger partial charge in [0.1, 0.15) is 5.75 Å². The molecule has 162 valence electrons. The number of nitrogens with zero attached hydrogens (tertiary/aromatic N) is 1. The summed E-state index contributed by atoms with van der Waals surface area (Å²) in [7, 11) is 0. The van der Waals surface area contributed by atoms with Crippen LogP contribution in [0.3, 0.4) is 0 Å². The third-order valence-electron chi connectivity index (χ3n) is 5.19. The van der Waals surface area contributed by atoms with E-state index in [9.17, 15) is 4.79 Å². The van der Waals surface area contributed by atoms with Crippen molar-refractivity contribution < 1.29 is 13.9 Å². The molecule has 5 heteroatoms. The van der Waals surface area contributed by atoms with E-state index in [1.54, 1.807) is 12.3 Å². The van der Waals surface area contributed by atoms with Crippen molar-refractivity contribution in [3.05, 3.63) is 90.1 Å². The Morgan fingerprint density at radius 2 is 1.72 bits per heavy atom. The molecule has 0 atom stereocenters. The number of nitrogens with one attached hydrogen (secondary N) is 1. The monoisotopic (exact) mass is 426 g/mol. The molecule has 0 aliphatic carbocycles. The van der Waals surface area contributed by atoms with Crippen molar-refractivity contribution in [1.82, 2.24) is 4.98 Å². The molecule has 0 aliphatic heterocycles. The van der Waals surface area contributed by atoms with Gasteiger partial charge in [-0.15, -0.1) is 0 Å². The lowest BCUT2D eigenvalue weighted by atomic mass is 10.0. The predicted molar refractivity (Wildman–Crippen MR) is 127 cm³/mol. The molecule has 1 heterocycles. The zero-order valence-electron chi connectivity index (χ0n) is 18.5. The minimum Gasteiger partial charge on any atom is -0.494 e. The Morgan fingerprint density at radius 1 is 1.00 bits per heavy atom. The quantitative estimate of drug-likeness (QED) is 0.354. The molecule has 1 amide bonds. The third kappa shape index (κ3) is 4.72. The molecule has 0 aliphatic rings. The minimum absolute atomic E-state index is 0.210. The second-order valence-corrected chi connectivity index (χ2v) is 7.76. The first-order valence-corrected chi connectivity index (χ1v) is 10.7. The number of hydrogen-bond acceptors (Lipinski definition) is 4. The number of aromatic nitrogens is 1. The summed E-state index contributed by atoms with van der Waals surface area (Å²) in [5.41, 5.74) is 4.00. The van der Waals surface area contributed by atoms with Crippen LogP contribution in [-0.4, -0.2) is 17.5 Å². The van der Waals surface area contributed by atoms with Crippen LogP contribution in [0.2, 0.25) is 0 Å². The summed E-state index contributed by atoms with van der Waals surface area (Å²) in [5, 5.41) is 2.97. The molecule has 32 heavy (non-hydrogen) atoms. The fraction of sp³-hybridized carbons (Fsp3) is 0.185. The molecule has 0 radical (unpaired) electrons. The van der Waals surface area contributed by atoms with Crippen molar-refractivity contribution in [2.75, 3.05) is 11.9 Å². The number of rotatable bonds is 7. The molecule has 0 saturated heterocycles. The van der Waals surface area contributed by atoms with Gasteiger partial charge >= 0.3 is 0 Å². The van der Waals surface area contributed by atoms with Crippen molar-refractivity contribution in [2.45, 2.75) is 26.7 Å². The van der Waals surface area contributed by atoms with Gasteiger partial charge in [0.2, 0.25) is 5.89 Å². The van der Waals surface area contributed by atoms with Gasteiger partial charge in [-0.05, 0) is 66.9 Å². The van der Waals surface area contributed by atoms with E-state index in [0.29, 0.717) is 35.3 Å². The summed E-state index contributed by atoms with van der Waals surface area (Å²) >= 11 is 0. The molecular weight excluding hydrogens is 400 g/mol. The Labute approximate surface area is 188 Å². The number of oxazole rings is 1. The van der Waals surface area contributed by atoms with Crippen molar-refractivity contribution in [3.63, 3.8) is 0 Å². The van der Waals surface area contributed by atoms with Gasteiger partial charge in [-0.1, -0.05) is 38.1 Å². The molecule has 1 N–H and O–H groups in total. The average Bonchev–Trinajstić information content (AvgIpc) is 3.30. The lowest BCUT2D eigenvalue weighted by Crippen LogP contribution is -2.13. The Kier molecular flexibility index (Phi) is 6.36. The van der Waals surface area contributed by atoms with Crippen molar-refractivity contribution in [2.24, 2.45) is 0 Å². The molecule has 0 bridgehead atoms. The minimum atomic E-state index is -0.210. The summed E-state index contributed by atoms with van der Waals surface area (Å²) in [6.07, 6.45) is 1.67. The van der Waals surface area contributed by atoms with E-state index in [1.807, 2.05) is 73.7 Å². The van der Waals surface area contributed by atoms with Crippen LogP contribution in [0.15, 0.2) is 83.4 Å². The molecule has 4 aromatic rings. The van der Waals surface area contributed by atoms with E-state index < -0.39 is 0 Å². The van der Waals surface area contributed by atoms with Gasteiger partial charge in [-0.2, -0.15) is 0 Å². The zero-order chi connectivity index (χ0) is 22.5. The lowest BCUT2D eigenvalue weighted by Gasteiger charge is -2.10. The fourth-order valence-corrected chi connectivity index (χ4v) is 3.43. The predicted octanol–water partition coefficient (Wildman–Crippen LogP) is 6.78. The van der Waals surface area contributed by atoms with E-state index in [4.69, 9.17) is 9.15 Å². The number of carbonyl (C=O) groups excluding carboxylic acids is 1. The summed E-state index contributed by atoms with van der Waals surface area (Å²) < 4.78 is 11.5. The Bertz CT molecular complexity index is 1190. The molecule has 0 saturated carbocycles. The number of ether oxygens (including phenoxy) is 1. The van der Waals surface area contributed by atoms with Crippen LogP contribution >= 0.6 is 0 Å². The van der Waals surface area contributed by atoms with E-state index in [2.05, 4.69) is 24.1 Å². The highest BCUT2D eigenvalue weighted by atomic mass is 16.5. The zero-order valence-corrected chi connectivity index (χ0v) is 18.5. The highest BCUT2D eigenvalue weighted by Gasteiger charge is 2.17. The Balaban J connectivity index is 1.56. The average molecular weight is 427 g/mol. The molecule has 0 spiro atoms. The van der Waals surface area contributed by atoms with Gasteiger partial charge in [-0.25, -0.2) is 4.98 Å². The second-order valence-electron chi connectivity index (χ2n) is 7.76. The van der Waals surface area contributed by atoms with Crippen LogP contribution in [0.1, 0.15) is 42.6 Å². The summed E-state index contributed by atoms with van der Waals surface area (Å²) in [4.78, 5) is 17.4. The highest BCUT2D eigenvalue weighted by molar-refractivity contribution is 6.08. The van der Waals surface area contributed by atoms with Crippen LogP contribution in [-0.2, 0) is 0 Å². The lowest BCUT2D eigenvalue weighted by molar-refractivity contribution is 0.102. The largest absolute Gasteiger partial charge is 0.494 e. The maximum absolute atomic E-state index is 13.0. The van der Waals surface area contributed by atoms with Crippen LogP contribution < -0.4 is 10.1 Å². The third-order valence-corrected chi connectivity index (χ3v) is 5.19. The van der Waals surface area contributed by atoms with Gasteiger partial charge in [-0.3, -0.25) is 4.79 Å². The van der Waals surface area contributed by atoms with Gasteiger partial charge < -0.3 is 14.5 Å². The topological polar surface area (TPSA) is 64.4 Å². The molecule has 0 unspecified atom stereocenters. The van der Waals surface area contributed by atoms with Crippen molar-refractivity contribution in [1.29, 1.82) is 0 Å². The summed E-state index contributed by atoms with van der Waals surface area (Å²) in [5.74, 6) is 2.06. The van der Waals surface area contributed by atoms with Gasteiger partial charge in [0.15, 0.2) is 5.76 Å². The number of anilines is 1. The maximum atomic E-state index is 13.0. The smallest absolute Gasteiger partial charge is 0.256 e. The Morgan fingerprint density at radius 3 is 2.41 bits per heavy atom. The maximum Gasteiger partial charge on any atom is 0.256 e. The van der Waals surface area contributed by atoms with E-state index in [1.165, 1.54) is 5.56 Å². The number of benzene rings is 3. The van der Waals surface area contributed by atoms with Gasteiger partial charge in [0.05, 0.1) is 18.4 Å². The van der Waals surface area contributed by atoms with Gasteiger partial charge in [0, 0.05) is 16.8 Å². The summed E-state index contributed by atoms with van der Waals surface area (Å²) in [6, 6.07) is 22.9. The number of hydrogen-bond donors (Lipinski definition) is 1. The molecule has 3 aromatic carbocycles. The van der Waals surface area contributed by atoms with E-state index in [0.717, 1.165) is 17.0 Å². The molecular formula is C27H26N2O3. The molecule has 5 nitrogen and oxygen atoms in total. The fourth-order valence-electron chi connectivity index (χ4n) is 3.43. The van der Waals surface area contributed by atoms with E-state index in [-0.39, 0.29) is 5.91 Å². The number of amides is 1. The van der Waals surface area contributed by atoms with Crippen molar-refractivity contribution in [3.8, 4) is 28.5 Å². The standard InChI is InChI=1S/C27H26N2O3/c1-4-31-22-15-11-20(12-16-22)25-17-28-27(32-25)24-8-6-5-7-23(24)26(30)29-21-13-9-19(10-14-21)18(2)3/h5-18H,4H2,1-3H3,(H,29,30). The Hall–Kier alpha value is -3.86. The summed E-state index contributed by atoms with van der Waals surface area (Å²) in [6.45, 7) is 6.85. The second kappa shape index (κ2) is 9.52. The van der Waals surface area contributed by atoms with Crippen LogP contribution in [0.25, 0.3) is 22.8 Å². The molecule has 4 rings (SSSR count). The van der Waals surface area contributed by atoms with Crippen LogP contribution in [0, 0.1) is 0 Å². The van der Waals surface area contributed by atoms with Gasteiger partial charge in [0.25, 0.3) is 5.91 Å². The first kappa shape index (κ1) is 21.4. The number of carbonyl (C=O) groups is 1. The molecule has 0 fully saturated rings. The molecule has 1 aromatic heterocycles. The van der Waals surface area contributed by atoms with Crippen LogP contribution in [0.4, 0.5) is 5.69 Å². The van der Waals surface area contributed by atoms with E-state index >= 15 is 0 Å². The highest BCUT2D eigenvalue weighted by Crippen LogP contribution is 2.29. The van der Waals surface area contributed by atoms with Crippen molar-refractivity contribution >= 4 is 11.6 Å². The normalized spacial score (nSPS) is 10.9. The first-order chi connectivity index (χ1) is 15.5. The first-order valence-electron chi connectivity index (χ1n) is 10.7.